The number of aromatic amines is 1. The summed E-state index contributed by atoms with van der Waals surface area (Å²) < 4.78 is 59.9. The normalized spacial score (nSPS) is 32.9. The molecule has 0 saturated carbocycles. The van der Waals surface area contributed by atoms with E-state index < -0.39 is 54.4 Å². The molecule has 0 bridgehead atoms. The minimum absolute atomic E-state index is 0.179. The summed E-state index contributed by atoms with van der Waals surface area (Å²) in [5.41, 5.74) is -6.01. The van der Waals surface area contributed by atoms with Crippen molar-refractivity contribution in [3.63, 3.8) is 0 Å². The van der Waals surface area contributed by atoms with E-state index in [1.165, 1.54) is 4.98 Å². The van der Waals surface area contributed by atoms with E-state index >= 15 is 4.39 Å². The van der Waals surface area contributed by atoms with Crippen LogP contribution in [0.4, 0.5) is 13.2 Å². The van der Waals surface area contributed by atoms with Crippen LogP contribution in [0.1, 0.15) is 8.97 Å². The van der Waals surface area contributed by atoms with Gasteiger partial charge in [0.2, 0.25) is 11.5 Å². The van der Waals surface area contributed by atoms with Crippen molar-refractivity contribution in [2.24, 2.45) is 0 Å². The lowest BCUT2D eigenvalue weighted by Crippen LogP contribution is -2.45. The Morgan fingerprint density at radius 3 is 2.86 bits per heavy atom. The highest BCUT2D eigenvalue weighted by Crippen LogP contribution is 2.40. The van der Waals surface area contributed by atoms with Crippen molar-refractivity contribution in [1.29, 1.82) is 0 Å². The highest BCUT2D eigenvalue weighted by molar-refractivity contribution is 5.23. The molecule has 1 aliphatic rings. The van der Waals surface area contributed by atoms with E-state index in [2.05, 4.69) is 0 Å². The Balaban J connectivity index is 2.64. The van der Waals surface area contributed by atoms with Crippen molar-refractivity contribution in [2.75, 3.05) is 13.2 Å². The number of nitrogens with zero attached hydrogens (tertiary/aromatic N) is 1. The fourth-order valence-corrected chi connectivity index (χ4v) is 1.99. The second-order valence-electron chi connectivity index (χ2n) is 4.33. The number of aliphatic hydroxyl groups is 2. The molecule has 120 valence electrons. The second-order valence-corrected chi connectivity index (χ2v) is 4.33. The van der Waals surface area contributed by atoms with Gasteiger partial charge in [0.25, 0.3) is 5.56 Å². The number of nitrogens with one attached hydrogen (secondary N) is 1. The van der Waals surface area contributed by atoms with Crippen LogP contribution in [0.2, 0.25) is 0 Å². The second kappa shape index (κ2) is 5.96. The highest BCUT2D eigenvalue weighted by atomic mass is 19.1. The third-order valence-electron chi connectivity index (χ3n) is 3.00. The van der Waals surface area contributed by atoms with Crippen molar-refractivity contribution < 1.29 is 30.9 Å². The molecule has 0 aromatic carbocycles. The van der Waals surface area contributed by atoms with Crippen molar-refractivity contribution in [3.8, 4) is 11.8 Å². The molecule has 2 rings (SSSR count). The van der Waals surface area contributed by atoms with Crippen LogP contribution in [0.25, 0.3) is 0 Å². The molecule has 1 fully saturated rings. The lowest BCUT2D eigenvalue weighted by atomic mass is 9.96. The first-order chi connectivity index (χ1) is 11.0. The van der Waals surface area contributed by atoms with Gasteiger partial charge in [0.15, 0.2) is 6.23 Å². The lowest BCUT2D eigenvalue weighted by molar-refractivity contribution is -0.0547. The Morgan fingerprint density at radius 2 is 2.27 bits per heavy atom. The monoisotopic (exact) mass is 322 g/mol. The first kappa shape index (κ1) is 13.6. The molecule has 1 aromatic heterocycles. The topological polar surface area (TPSA) is 105 Å². The summed E-state index contributed by atoms with van der Waals surface area (Å²) in [4.78, 5) is 24.3. The SMILES string of the molecule is [2H]C([2H])(O)[C@H]1O[C@@H](n2cc(F)c(=O)[nH]c2=O)C(F)(C#CCF)[C@H]1O. The lowest BCUT2D eigenvalue weighted by Gasteiger charge is -2.23. The predicted octanol–water partition coefficient (Wildman–Crippen LogP) is -1.39. The van der Waals surface area contributed by atoms with Gasteiger partial charge in [-0.15, -0.1) is 0 Å². The van der Waals surface area contributed by atoms with E-state index in [9.17, 15) is 28.6 Å². The molecule has 7 nitrogen and oxygen atoms in total. The van der Waals surface area contributed by atoms with Crippen molar-refractivity contribution in [2.45, 2.75) is 24.1 Å². The van der Waals surface area contributed by atoms with Crippen LogP contribution in [0.15, 0.2) is 15.8 Å². The maximum Gasteiger partial charge on any atom is 0.330 e. The number of rotatable bonds is 2. The van der Waals surface area contributed by atoms with Crippen LogP contribution in [-0.4, -0.2) is 50.9 Å². The van der Waals surface area contributed by atoms with Crippen LogP contribution in [0, 0.1) is 17.7 Å². The summed E-state index contributed by atoms with van der Waals surface area (Å²) in [7, 11) is 0. The molecule has 22 heavy (non-hydrogen) atoms. The third kappa shape index (κ3) is 2.54. The smallest absolute Gasteiger partial charge is 0.330 e. The van der Waals surface area contributed by atoms with E-state index in [1.54, 1.807) is 11.8 Å². The van der Waals surface area contributed by atoms with Crippen LogP contribution in [0.5, 0.6) is 0 Å². The number of hydrogen-bond donors (Lipinski definition) is 3. The Kier molecular flexibility index (Phi) is 3.67. The zero-order valence-electron chi connectivity index (χ0n) is 12.7. The Morgan fingerprint density at radius 1 is 1.59 bits per heavy atom. The largest absolute Gasteiger partial charge is 0.394 e. The van der Waals surface area contributed by atoms with Crippen LogP contribution < -0.4 is 11.2 Å². The molecular weight excluding hydrogens is 309 g/mol. The van der Waals surface area contributed by atoms with Gasteiger partial charge in [-0.2, -0.15) is 4.39 Å². The average molecular weight is 322 g/mol. The van der Waals surface area contributed by atoms with Crippen LogP contribution in [-0.2, 0) is 4.74 Å². The van der Waals surface area contributed by atoms with E-state index in [4.69, 9.17) is 7.48 Å². The summed E-state index contributed by atoms with van der Waals surface area (Å²) in [6.07, 6.45) is -6.65. The van der Waals surface area contributed by atoms with E-state index in [1.807, 2.05) is 0 Å². The van der Waals surface area contributed by atoms with Gasteiger partial charge in [-0.05, 0) is 0 Å². The quantitative estimate of drug-likeness (QED) is 0.582. The van der Waals surface area contributed by atoms with Gasteiger partial charge in [0.1, 0.15) is 18.9 Å². The summed E-state index contributed by atoms with van der Waals surface area (Å²) >= 11 is 0. The molecule has 0 spiro atoms. The van der Waals surface area contributed by atoms with Crippen molar-refractivity contribution >= 4 is 0 Å². The van der Waals surface area contributed by atoms with Crippen LogP contribution >= 0.6 is 0 Å². The molecule has 1 aromatic rings. The fourth-order valence-electron chi connectivity index (χ4n) is 1.99. The van der Waals surface area contributed by atoms with Gasteiger partial charge in [0.05, 0.1) is 15.5 Å². The Labute approximate surface area is 123 Å². The summed E-state index contributed by atoms with van der Waals surface area (Å²) in [5, 5.41) is 19.2. The van der Waals surface area contributed by atoms with Crippen molar-refractivity contribution in [3.05, 3.63) is 32.9 Å². The molecule has 3 N–H and O–H groups in total. The molecule has 10 heteroatoms. The number of aliphatic hydroxyl groups excluding tert-OH is 1. The first-order valence-corrected chi connectivity index (χ1v) is 5.84. The number of halogens is 3. The van der Waals surface area contributed by atoms with Crippen LogP contribution in [0.3, 0.4) is 0 Å². The summed E-state index contributed by atoms with van der Waals surface area (Å²) in [6, 6.07) is 0. The van der Waals surface area contributed by atoms with Crippen molar-refractivity contribution in [1.82, 2.24) is 9.55 Å². The van der Waals surface area contributed by atoms with E-state index in [-0.39, 0.29) is 10.8 Å². The molecule has 1 saturated heterocycles. The van der Waals surface area contributed by atoms with Gasteiger partial charge >= 0.3 is 5.69 Å². The van der Waals surface area contributed by atoms with Gasteiger partial charge in [-0.25, -0.2) is 13.6 Å². The average Bonchev–Trinajstić information content (AvgIpc) is 2.74. The number of hydrogen-bond acceptors (Lipinski definition) is 5. The van der Waals surface area contributed by atoms with Gasteiger partial charge in [0, 0.05) is 0 Å². The zero-order valence-corrected chi connectivity index (χ0v) is 10.7. The molecule has 4 atom stereocenters. The minimum atomic E-state index is -3.26. The standard InChI is InChI=1S/C12H11F3N2O5/c13-3-1-2-12(15)8(19)7(5-18)22-10(12)17-4-6(14)9(20)16-11(17)21/h4,7-8,10,18-19H,3,5H2,(H,16,20,21)/t7-,8+,10-,12?/m1/s1/i5D2. The summed E-state index contributed by atoms with van der Waals surface area (Å²) in [5.74, 6) is 1.82. The third-order valence-corrected chi connectivity index (χ3v) is 3.00. The maximum absolute atomic E-state index is 15.1. The number of alkyl halides is 2. The molecule has 2 heterocycles. The molecule has 0 aliphatic carbocycles. The number of aromatic nitrogens is 2. The van der Waals surface area contributed by atoms with Gasteiger partial charge < -0.3 is 14.9 Å². The van der Waals surface area contributed by atoms with E-state index in [0.717, 1.165) is 0 Å². The van der Waals surface area contributed by atoms with Gasteiger partial charge in [-0.3, -0.25) is 14.3 Å². The molecular formula is C12H11F3N2O5. The first-order valence-electron chi connectivity index (χ1n) is 6.84. The Hall–Kier alpha value is -2.09. The fraction of sp³-hybridized carbons (Fsp3) is 0.500. The minimum Gasteiger partial charge on any atom is -0.394 e. The molecule has 0 radical (unpaired) electrons. The number of H-pyrrole nitrogens is 1. The summed E-state index contributed by atoms with van der Waals surface area (Å²) in [6.45, 7) is -4.59. The zero-order chi connectivity index (χ0) is 18.3. The highest BCUT2D eigenvalue weighted by Gasteiger charge is 2.57. The molecule has 1 aliphatic heterocycles. The van der Waals surface area contributed by atoms with Gasteiger partial charge in [-0.1, -0.05) is 11.8 Å². The Bertz CT molecular complexity index is 812. The predicted molar refractivity (Wildman–Crippen MR) is 65.9 cm³/mol. The molecule has 1 unspecified atom stereocenters. The molecule has 0 amide bonds. The van der Waals surface area contributed by atoms with E-state index in [0.29, 0.717) is 0 Å². The number of ether oxygens (including phenoxy) is 1. The maximum atomic E-state index is 15.1.